The van der Waals surface area contributed by atoms with Gasteiger partial charge in [0.15, 0.2) is 0 Å². The van der Waals surface area contributed by atoms with Gasteiger partial charge in [-0.05, 0) is 42.5 Å². The van der Waals surface area contributed by atoms with Crippen LogP contribution in [0.5, 0.6) is 0 Å². The SMILES string of the molecule is O=C1C[C@H](c2ccccc2)NCCCCN2C(=O)C[C@@H](O)c3ccccc3[C@@H]2CCN1. The van der Waals surface area contributed by atoms with Crippen molar-refractivity contribution in [3.05, 3.63) is 71.3 Å². The summed E-state index contributed by atoms with van der Waals surface area (Å²) in [5, 5.41) is 17.2. The lowest BCUT2D eigenvalue weighted by Gasteiger charge is -2.31. The summed E-state index contributed by atoms with van der Waals surface area (Å²) in [7, 11) is 0. The largest absolute Gasteiger partial charge is 0.388 e. The van der Waals surface area contributed by atoms with Crippen molar-refractivity contribution in [2.45, 2.75) is 50.3 Å². The van der Waals surface area contributed by atoms with Crippen molar-refractivity contribution >= 4 is 11.8 Å². The van der Waals surface area contributed by atoms with Crippen LogP contribution in [-0.4, -0.2) is 41.5 Å². The molecule has 2 heterocycles. The first-order valence-electron chi connectivity index (χ1n) is 11.2. The summed E-state index contributed by atoms with van der Waals surface area (Å²) in [4.78, 5) is 27.6. The van der Waals surface area contributed by atoms with E-state index in [0.29, 0.717) is 25.9 Å². The molecule has 4 rings (SSSR count). The zero-order chi connectivity index (χ0) is 21.6. The minimum atomic E-state index is -0.780. The molecule has 0 saturated carbocycles. The molecule has 31 heavy (non-hydrogen) atoms. The number of amides is 2. The van der Waals surface area contributed by atoms with Gasteiger partial charge in [0.05, 0.1) is 18.6 Å². The molecule has 164 valence electrons. The summed E-state index contributed by atoms with van der Waals surface area (Å²) >= 11 is 0. The van der Waals surface area contributed by atoms with Crippen LogP contribution in [-0.2, 0) is 9.59 Å². The quantitative estimate of drug-likeness (QED) is 0.661. The molecule has 0 spiro atoms. The Bertz CT molecular complexity index is 902. The lowest BCUT2D eigenvalue weighted by Crippen LogP contribution is -2.37. The van der Waals surface area contributed by atoms with Crippen LogP contribution in [0, 0.1) is 0 Å². The molecule has 3 N–H and O–H groups in total. The van der Waals surface area contributed by atoms with Crippen molar-refractivity contribution in [3.8, 4) is 0 Å². The molecule has 0 aliphatic carbocycles. The maximum absolute atomic E-state index is 13.0. The summed E-state index contributed by atoms with van der Waals surface area (Å²) in [5.74, 6) is -0.0227. The molecule has 0 radical (unpaired) electrons. The van der Waals surface area contributed by atoms with Crippen LogP contribution < -0.4 is 10.6 Å². The zero-order valence-corrected chi connectivity index (χ0v) is 17.8. The molecule has 0 aromatic heterocycles. The number of rotatable bonds is 1. The first kappa shape index (κ1) is 21.5. The fraction of sp³-hybridized carbons (Fsp3) is 0.440. The van der Waals surface area contributed by atoms with E-state index in [9.17, 15) is 14.7 Å². The smallest absolute Gasteiger partial charge is 0.226 e. The Morgan fingerprint density at radius 3 is 2.42 bits per heavy atom. The number of nitrogens with one attached hydrogen (secondary N) is 2. The Labute approximate surface area is 183 Å². The lowest BCUT2D eigenvalue weighted by molar-refractivity contribution is -0.135. The summed E-state index contributed by atoms with van der Waals surface area (Å²) in [6, 6.07) is 17.7. The Morgan fingerprint density at radius 2 is 1.61 bits per heavy atom. The second-order valence-electron chi connectivity index (χ2n) is 8.42. The van der Waals surface area contributed by atoms with E-state index in [4.69, 9.17) is 0 Å². The number of carbonyl (C=O) groups excluding carboxylic acids is 2. The molecule has 2 aliphatic heterocycles. The highest BCUT2D eigenvalue weighted by Gasteiger charge is 2.33. The van der Waals surface area contributed by atoms with Gasteiger partial charge in [0.1, 0.15) is 0 Å². The molecule has 1 saturated heterocycles. The van der Waals surface area contributed by atoms with E-state index in [-0.39, 0.29) is 30.3 Å². The number of nitrogens with zero attached hydrogens (tertiary/aromatic N) is 1. The topological polar surface area (TPSA) is 81.7 Å². The van der Waals surface area contributed by atoms with Crippen LogP contribution in [0.4, 0.5) is 0 Å². The molecular formula is C25H31N3O3. The highest BCUT2D eigenvalue weighted by atomic mass is 16.3. The average Bonchev–Trinajstić information content (AvgIpc) is 2.87. The molecule has 0 bridgehead atoms. The lowest BCUT2D eigenvalue weighted by atomic mass is 9.95. The van der Waals surface area contributed by atoms with Gasteiger partial charge in [-0.15, -0.1) is 0 Å². The normalized spacial score (nSPS) is 25.7. The fourth-order valence-corrected chi connectivity index (χ4v) is 4.73. The van der Waals surface area contributed by atoms with Crippen molar-refractivity contribution < 1.29 is 14.7 Å². The molecule has 2 aliphatic rings. The number of hydrogen-bond donors (Lipinski definition) is 3. The number of aliphatic hydroxyl groups is 1. The highest BCUT2D eigenvalue weighted by molar-refractivity contribution is 5.79. The van der Waals surface area contributed by atoms with Gasteiger partial charge in [-0.25, -0.2) is 0 Å². The highest BCUT2D eigenvalue weighted by Crippen LogP contribution is 2.36. The Balaban J connectivity index is 1.55. The van der Waals surface area contributed by atoms with Crippen LogP contribution >= 0.6 is 0 Å². The second-order valence-corrected chi connectivity index (χ2v) is 8.42. The molecule has 6 heteroatoms. The third kappa shape index (κ3) is 5.14. The van der Waals surface area contributed by atoms with E-state index < -0.39 is 6.10 Å². The van der Waals surface area contributed by atoms with E-state index in [0.717, 1.165) is 36.1 Å². The van der Waals surface area contributed by atoms with E-state index in [1.807, 2.05) is 59.5 Å². The summed E-state index contributed by atoms with van der Waals surface area (Å²) in [5.41, 5.74) is 2.93. The summed E-state index contributed by atoms with van der Waals surface area (Å²) in [6.45, 7) is 1.91. The molecule has 6 nitrogen and oxygen atoms in total. The Hall–Kier alpha value is -2.70. The summed E-state index contributed by atoms with van der Waals surface area (Å²) < 4.78 is 0. The van der Waals surface area contributed by atoms with Crippen LogP contribution in [0.25, 0.3) is 0 Å². The minimum absolute atomic E-state index is 0.000387. The Morgan fingerprint density at radius 1 is 0.871 bits per heavy atom. The first-order valence-corrected chi connectivity index (χ1v) is 11.2. The van der Waals surface area contributed by atoms with E-state index in [1.165, 1.54) is 0 Å². The first-order chi connectivity index (χ1) is 15.1. The molecule has 0 unspecified atom stereocenters. The predicted molar refractivity (Wildman–Crippen MR) is 119 cm³/mol. The molecule has 3 atom stereocenters. The zero-order valence-electron chi connectivity index (χ0n) is 17.8. The number of carbonyl (C=O) groups is 2. The van der Waals surface area contributed by atoms with Gasteiger partial charge in [-0.3, -0.25) is 9.59 Å². The fourth-order valence-electron chi connectivity index (χ4n) is 4.73. The number of hydrogen-bond acceptors (Lipinski definition) is 4. The summed E-state index contributed by atoms with van der Waals surface area (Å²) in [6.07, 6.45) is 2.12. The van der Waals surface area contributed by atoms with Crippen molar-refractivity contribution in [2.24, 2.45) is 0 Å². The van der Waals surface area contributed by atoms with Crippen molar-refractivity contribution in [1.82, 2.24) is 15.5 Å². The monoisotopic (exact) mass is 421 g/mol. The predicted octanol–water partition coefficient (Wildman–Crippen LogP) is 3.01. The van der Waals surface area contributed by atoms with Crippen LogP contribution in [0.15, 0.2) is 54.6 Å². The van der Waals surface area contributed by atoms with Gasteiger partial charge < -0.3 is 20.6 Å². The van der Waals surface area contributed by atoms with Crippen LogP contribution in [0.2, 0.25) is 0 Å². The molecule has 2 amide bonds. The third-order valence-electron chi connectivity index (χ3n) is 6.33. The van der Waals surface area contributed by atoms with E-state index in [1.54, 1.807) is 0 Å². The maximum atomic E-state index is 13.0. The van der Waals surface area contributed by atoms with Crippen molar-refractivity contribution in [3.63, 3.8) is 0 Å². The number of fused-ring (bicyclic) bond motifs is 3. The Kier molecular flexibility index (Phi) is 6.99. The van der Waals surface area contributed by atoms with E-state index >= 15 is 0 Å². The van der Waals surface area contributed by atoms with Gasteiger partial charge in [0.2, 0.25) is 11.8 Å². The van der Waals surface area contributed by atoms with Crippen molar-refractivity contribution in [2.75, 3.05) is 19.6 Å². The van der Waals surface area contributed by atoms with Crippen molar-refractivity contribution in [1.29, 1.82) is 0 Å². The molecule has 1 fully saturated rings. The van der Waals surface area contributed by atoms with Crippen LogP contribution in [0.1, 0.15) is 67.0 Å². The standard InChI is InChI=1S/C25H31N3O3/c29-23-17-25(31)28-15-7-6-13-26-21(18-8-2-1-3-9-18)16-24(30)27-14-12-22(28)19-10-4-5-11-20(19)23/h1-5,8-11,21-23,26,29H,6-7,12-17H2,(H,27,30)/t21-,22+,23-/m1/s1. The maximum Gasteiger partial charge on any atom is 0.226 e. The van der Waals surface area contributed by atoms with Gasteiger partial charge in [0, 0.05) is 25.6 Å². The van der Waals surface area contributed by atoms with Gasteiger partial charge in [-0.2, -0.15) is 0 Å². The van der Waals surface area contributed by atoms with Crippen LogP contribution in [0.3, 0.4) is 0 Å². The van der Waals surface area contributed by atoms with Gasteiger partial charge in [-0.1, -0.05) is 54.6 Å². The molecule has 2 aromatic rings. The molecular weight excluding hydrogens is 390 g/mol. The number of benzene rings is 2. The van der Waals surface area contributed by atoms with Gasteiger partial charge >= 0.3 is 0 Å². The minimum Gasteiger partial charge on any atom is -0.388 e. The molecule has 2 aromatic carbocycles. The second kappa shape index (κ2) is 10.1. The third-order valence-corrected chi connectivity index (χ3v) is 6.33. The van der Waals surface area contributed by atoms with Gasteiger partial charge in [0.25, 0.3) is 0 Å². The number of aliphatic hydroxyl groups excluding tert-OH is 1. The average molecular weight is 422 g/mol. The van der Waals surface area contributed by atoms with E-state index in [2.05, 4.69) is 10.6 Å².